The fourth-order valence-electron chi connectivity index (χ4n) is 16.3. The molecule has 0 spiro atoms. The van der Waals surface area contributed by atoms with Crippen LogP contribution in [0.1, 0.15) is 164 Å². The van der Waals surface area contributed by atoms with E-state index in [-0.39, 0.29) is 135 Å². The highest BCUT2D eigenvalue weighted by molar-refractivity contribution is 7.99. The largest absolute Gasteiger partial charge is 0.505 e. The number of carbonyl (C=O) groups is 13. The standard InChI is InChI=1S/C43H49N7O10.C28H35N3O7.C18H34N2O6S/c1-4-29-40(56)49-21-12-17-30(49)41(57)48(3)32(23-26-13-7-5-8-14-26)42(58)50-22-19-28(51)24-31(50)37(53)47-35(27-15-9-6-10-16-27)43(59)60-25(2)34(38(54)45-29)46-39(55)36-33(52)18-11-20-44-36;1-17(2)26-19(4)9-10-24(34)29-11-5-7-18(3)13-20(32)14-21(33)15-25-30-22(16-37-25)27(35)31-12-6-8-23(31)28(36)38-26;1-5-6-10-7-11(20(3)8-10)17(25)19-12(9(2)21)16-14(23)13(22)15(24)18(26-16)27-4/h5-11,13-16,18,20,25,29-32,34-35,52H,4,12,17,19,21-24H2,1-3H3,(H,45,54)(H,46,55)(H,47,53);5,7-10,13,16-17,19-20,26,32H,6,11-12,14-15H2,1-4H3,(H,29,34);9-16,18,21-24H,5-8H2,1-4H3,(H,19,25)/b;7-5-,10-9-,18-13-;/t;;9-,10-,11?,12-,13+,14-,15-,16-,18-/m..1/s1. The maximum atomic E-state index is 14.8. The van der Waals surface area contributed by atoms with Crippen molar-refractivity contribution in [3.63, 3.8) is 0 Å². The number of cyclic esters (lactones) is 2. The van der Waals surface area contributed by atoms with Crippen molar-refractivity contribution in [3.8, 4) is 5.75 Å². The van der Waals surface area contributed by atoms with Crippen molar-refractivity contribution >= 4 is 88.4 Å². The fraction of sp³-hybridized carbons (Fsp3) is 0.539. The molecule has 2 aromatic heterocycles. The molecule has 7 aliphatic heterocycles. The molecule has 0 saturated carbocycles. The van der Waals surface area contributed by atoms with E-state index in [1.165, 1.54) is 76.7 Å². The van der Waals surface area contributed by atoms with E-state index in [0.717, 1.165) is 43.2 Å². The molecule has 11 N–H and O–H groups in total. The van der Waals surface area contributed by atoms with Crippen LogP contribution in [0.2, 0.25) is 0 Å². The van der Waals surface area contributed by atoms with E-state index in [9.17, 15) is 93.0 Å². The Bertz CT molecular complexity index is 4600. The third-order valence-corrected chi connectivity index (χ3v) is 23.9. The number of aliphatic hydroxyl groups excluding tert-OH is 5. The van der Waals surface area contributed by atoms with Gasteiger partial charge in [-0.1, -0.05) is 138 Å². The smallest absolute Gasteiger partial charge is 0.355 e. The summed E-state index contributed by atoms with van der Waals surface area (Å²) in [5.41, 5.74) is 0.614. The van der Waals surface area contributed by atoms with Gasteiger partial charge in [0.1, 0.15) is 102 Å². The summed E-state index contributed by atoms with van der Waals surface area (Å²) in [6.07, 6.45) is 8.22. The van der Waals surface area contributed by atoms with Crippen molar-refractivity contribution in [3.05, 3.63) is 161 Å². The molecule has 7 aliphatic rings. The second-order valence-electron chi connectivity index (χ2n) is 32.8. The predicted molar refractivity (Wildman–Crippen MR) is 455 cm³/mol. The third kappa shape index (κ3) is 25.7. The first kappa shape index (κ1) is 97.9. The third-order valence-electron chi connectivity index (χ3n) is 23.1. The summed E-state index contributed by atoms with van der Waals surface area (Å²) in [5.74, 6) is -8.12. The number of nitrogens with one attached hydrogen (secondary N) is 5. The van der Waals surface area contributed by atoms with Crippen molar-refractivity contribution in [2.45, 2.75) is 235 Å². The Morgan fingerprint density at radius 1 is 0.776 bits per heavy atom. The molecule has 2 aromatic carbocycles. The molecule has 36 heteroatoms. The number of ether oxygens (including phenoxy) is 3. The van der Waals surface area contributed by atoms with Crippen molar-refractivity contribution in [2.75, 3.05) is 53.1 Å². The number of likely N-dealkylation sites (N-methyl/N-ethyl adjacent to an activating group) is 2. The Hall–Kier alpha value is -10.9. The lowest BCUT2D eigenvalue weighted by atomic mass is 9.92. The summed E-state index contributed by atoms with van der Waals surface area (Å²) in [6.45, 7) is 15.5. The summed E-state index contributed by atoms with van der Waals surface area (Å²) in [7, 11) is 3.38. The zero-order chi connectivity index (χ0) is 91.2. The number of aromatic nitrogens is 2. The van der Waals surface area contributed by atoms with Gasteiger partial charge in [-0.25, -0.2) is 19.6 Å². The molecular formula is C89H118N12O23S. The van der Waals surface area contributed by atoms with Gasteiger partial charge in [-0.15, -0.1) is 11.8 Å². The van der Waals surface area contributed by atoms with Crippen molar-refractivity contribution in [1.82, 2.24) is 61.1 Å². The normalized spacial score (nSPS) is 29.6. The average Bonchev–Trinajstić information content (AvgIpc) is 1.65. The molecule has 5 saturated heterocycles. The molecule has 9 amide bonds. The number of allylic oxidation sites excluding steroid dienone is 2. The molecule has 19 atom stereocenters. The van der Waals surface area contributed by atoms with Crippen LogP contribution >= 0.6 is 11.8 Å². The number of esters is 2. The summed E-state index contributed by atoms with van der Waals surface area (Å²) in [5, 5.41) is 74.7. The molecule has 678 valence electrons. The van der Waals surface area contributed by atoms with Crippen LogP contribution in [0.15, 0.2) is 137 Å². The molecule has 4 aromatic rings. The monoisotopic (exact) mass is 1750 g/mol. The van der Waals surface area contributed by atoms with E-state index in [4.69, 9.17) is 18.6 Å². The Labute approximate surface area is 730 Å². The number of amides is 9. The number of fused-ring (bicyclic) bond motifs is 5. The van der Waals surface area contributed by atoms with Gasteiger partial charge in [0.15, 0.2) is 17.4 Å². The highest BCUT2D eigenvalue weighted by Gasteiger charge is 2.51. The molecule has 5 fully saturated rings. The summed E-state index contributed by atoms with van der Waals surface area (Å²) < 4.78 is 22.7. The van der Waals surface area contributed by atoms with Gasteiger partial charge in [0, 0.05) is 77.6 Å². The molecule has 2 bridgehead atoms. The van der Waals surface area contributed by atoms with Crippen LogP contribution in [0.5, 0.6) is 5.75 Å². The van der Waals surface area contributed by atoms with Gasteiger partial charge < -0.3 is 95.5 Å². The van der Waals surface area contributed by atoms with Crippen molar-refractivity contribution in [1.29, 1.82) is 0 Å². The number of likely N-dealkylation sites (tertiary alicyclic amines) is 1. The molecule has 11 rings (SSSR count). The molecule has 11 unspecified atom stereocenters. The number of nitrogens with zero attached hydrogens (tertiary/aromatic N) is 7. The van der Waals surface area contributed by atoms with Crippen molar-refractivity contribution < 1.29 is 112 Å². The quantitative estimate of drug-likeness (QED) is 0.0808. The number of piperidine rings is 1. The molecular weight excluding hydrogens is 1640 g/mol. The van der Waals surface area contributed by atoms with E-state index in [2.05, 4.69) is 43.5 Å². The number of pyridine rings is 1. The molecule has 0 aliphatic carbocycles. The van der Waals surface area contributed by atoms with Gasteiger partial charge in [-0.05, 0) is 114 Å². The summed E-state index contributed by atoms with van der Waals surface area (Å²) >= 11 is 1.20. The molecule has 35 nitrogen and oxygen atoms in total. The Balaban J connectivity index is 0.000000232. The highest BCUT2D eigenvalue weighted by atomic mass is 32.2. The number of hydrogen-bond donors (Lipinski definition) is 11. The zero-order valence-electron chi connectivity index (χ0n) is 72.3. The number of ketones is 2. The second-order valence-corrected chi connectivity index (χ2v) is 33.7. The number of rotatable bonds is 14. The van der Waals surface area contributed by atoms with Gasteiger partial charge in [0.25, 0.3) is 11.8 Å². The van der Waals surface area contributed by atoms with Gasteiger partial charge in [0.05, 0.1) is 30.7 Å². The maximum Gasteiger partial charge on any atom is 0.355 e. The fourth-order valence-corrected chi connectivity index (χ4v) is 17.0. The van der Waals surface area contributed by atoms with Gasteiger partial charge in [-0.3, -0.25) is 57.6 Å². The van der Waals surface area contributed by atoms with Crippen LogP contribution in [-0.4, -0.2) is 291 Å². The lowest BCUT2D eigenvalue weighted by Crippen LogP contribution is -2.65. The van der Waals surface area contributed by atoms with E-state index < -0.39 is 161 Å². The predicted octanol–water partition coefficient (Wildman–Crippen LogP) is 3.01. The number of benzene rings is 2. The first-order valence-electron chi connectivity index (χ1n) is 42.4. The first-order chi connectivity index (χ1) is 59.5. The topological polar surface area (TPSA) is 486 Å². The SMILES string of the molecule is CC1=C/C(O)CC(=O)Cc2nc(co2)C(=O)N2CCC=C2C(=O)OC(C(C)C)C(C)/C=C\C(=O)NC/C=C\1.CCC1NC(=O)C(NC(=O)c2ncccc2O)C(C)OC(=O)C(c2ccccc2)NC(=O)C2CC(=O)CCN2C(=O)C(Cc2ccccc2)N(C)C(=O)C2CCCN2C1=O.CCC[C@@H]1CC(C(=O)N[C@@H]([C@H]2O[C@H](SC)[C@H](O)[C@@H](O)[C@H]2O)[C@@H](C)O)N(C)C1. The van der Waals surface area contributed by atoms with E-state index >= 15 is 0 Å². The first-order valence-corrected chi connectivity index (χ1v) is 43.7. The number of carbonyl (C=O) groups excluding carboxylic acids is 13. The second kappa shape index (κ2) is 45.9. The number of oxazole rings is 1. The maximum absolute atomic E-state index is 14.8. The Morgan fingerprint density at radius 2 is 1.48 bits per heavy atom. The van der Waals surface area contributed by atoms with E-state index in [0.29, 0.717) is 18.8 Å². The highest BCUT2D eigenvalue weighted by Crippen LogP contribution is 2.34. The van der Waals surface area contributed by atoms with Crippen LogP contribution < -0.4 is 26.6 Å². The Kier molecular flexibility index (Phi) is 35.9. The van der Waals surface area contributed by atoms with E-state index in [1.807, 2.05) is 38.8 Å². The number of aliphatic hydroxyl groups is 5. The number of thioether (sulfide) groups is 1. The van der Waals surface area contributed by atoms with E-state index in [1.54, 1.807) is 105 Å². The van der Waals surface area contributed by atoms with Crippen molar-refractivity contribution in [2.24, 2.45) is 17.8 Å². The van der Waals surface area contributed by atoms with Crippen LogP contribution in [0.3, 0.4) is 0 Å². The zero-order valence-corrected chi connectivity index (χ0v) is 73.1. The minimum Gasteiger partial charge on any atom is -0.505 e. The van der Waals surface area contributed by atoms with Gasteiger partial charge in [0.2, 0.25) is 47.2 Å². The molecule has 125 heavy (non-hydrogen) atoms. The lowest BCUT2D eigenvalue weighted by Gasteiger charge is -2.44. The molecule has 9 heterocycles. The van der Waals surface area contributed by atoms with Crippen LogP contribution in [0.4, 0.5) is 0 Å². The lowest BCUT2D eigenvalue weighted by molar-refractivity contribution is -0.211. The van der Waals surface area contributed by atoms with Crippen LogP contribution in [-0.2, 0) is 79.8 Å². The van der Waals surface area contributed by atoms with Crippen LogP contribution in [0, 0.1) is 17.8 Å². The Morgan fingerprint density at radius 3 is 2.15 bits per heavy atom. The number of Topliss-reactive ketones (excluding diaryl/α,β-unsaturated/α-hetero) is 2. The number of aromatic hydroxyl groups is 1. The molecule has 0 radical (unpaired) electrons. The van der Waals surface area contributed by atoms with Crippen LogP contribution in [0.25, 0.3) is 0 Å². The summed E-state index contributed by atoms with van der Waals surface area (Å²) in [4.78, 5) is 192. The summed E-state index contributed by atoms with van der Waals surface area (Å²) in [6, 6.07) is 10.5. The van der Waals surface area contributed by atoms with Gasteiger partial charge >= 0.3 is 11.9 Å². The minimum absolute atomic E-state index is 0.0315. The minimum atomic E-state index is -1.68. The number of hydrogen-bond acceptors (Lipinski definition) is 27. The van der Waals surface area contributed by atoms with Gasteiger partial charge in [-0.2, -0.15) is 0 Å². The average molecular weight is 1760 g/mol.